The van der Waals surface area contributed by atoms with Gasteiger partial charge in [0, 0.05) is 5.02 Å². The van der Waals surface area contributed by atoms with Gasteiger partial charge >= 0.3 is 0 Å². The van der Waals surface area contributed by atoms with Gasteiger partial charge in [0.2, 0.25) is 0 Å². The van der Waals surface area contributed by atoms with E-state index in [4.69, 9.17) is 11.6 Å². The molecule has 1 saturated carbocycles. The summed E-state index contributed by atoms with van der Waals surface area (Å²) in [5, 5.41) is 1.03. The molecule has 1 heteroatoms. The fourth-order valence-corrected chi connectivity index (χ4v) is 3.06. The molecule has 0 bridgehead atoms. The third-order valence-electron chi connectivity index (χ3n) is 3.48. The molecule has 1 fully saturated rings. The van der Waals surface area contributed by atoms with Crippen molar-refractivity contribution >= 4 is 11.6 Å². The number of hydrogen-bond acceptors (Lipinski definition) is 0. The summed E-state index contributed by atoms with van der Waals surface area (Å²) in [6.07, 6.45) is 5.38. The molecule has 0 atom stereocenters. The molecule has 0 aliphatic heterocycles. The van der Waals surface area contributed by atoms with Gasteiger partial charge in [-0.1, -0.05) is 56.5 Å². The van der Waals surface area contributed by atoms with Crippen molar-refractivity contribution in [2.75, 3.05) is 0 Å². The molecule has 0 unspecified atom stereocenters. The van der Waals surface area contributed by atoms with E-state index in [1.807, 2.05) is 0 Å². The summed E-state index contributed by atoms with van der Waals surface area (Å²) >= 11 is 6.48. The maximum absolute atomic E-state index is 6.48. The number of hydrogen-bond donors (Lipinski definition) is 0. The van der Waals surface area contributed by atoms with Crippen molar-refractivity contribution in [3.63, 3.8) is 0 Å². The van der Waals surface area contributed by atoms with E-state index in [0.29, 0.717) is 5.92 Å². The lowest BCUT2D eigenvalue weighted by atomic mass is 9.93. The van der Waals surface area contributed by atoms with Crippen molar-refractivity contribution in [2.45, 2.75) is 51.4 Å². The number of rotatable bonds is 2. The Labute approximate surface area is 97.6 Å². The van der Waals surface area contributed by atoms with Gasteiger partial charge in [0.15, 0.2) is 0 Å². The third-order valence-corrected chi connectivity index (χ3v) is 3.91. The minimum Gasteiger partial charge on any atom is -0.0837 e. The van der Waals surface area contributed by atoms with Crippen LogP contribution in [-0.2, 0) is 0 Å². The van der Waals surface area contributed by atoms with E-state index in [2.05, 4.69) is 32.0 Å². The Morgan fingerprint density at radius 2 is 1.87 bits per heavy atom. The van der Waals surface area contributed by atoms with Crippen LogP contribution in [0.2, 0.25) is 5.02 Å². The normalized spacial score (nSPS) is 17.6. The average molecular weight is 223 g/mol. The molecular weight excluding hydrogens is 204 g/mol. The molecule has 0 saturated heterocycles. The van der Waals surface area contributed by atoms with Crippen LogP contribution in [0.3, 0.4) is 0 Å². The van der Waals surface area contributed by atoms with Crippen LogP contribution in [0, 0.1) is 0 Å². The van der Waals surface area contributed by atoms with Crippen molar-refractivity contribution in [3.8, 4) is 0 Å². The minimum absolute atomic E-state index is 0.527. The first-order valence-corrected chi connectivity index (χ1v) is 6.36. The second-order valence-corrected chi connectivity index (χ2v) is 5.26. The third kappa shape index (κ3) is 2.20. The Hall–Kier alpha value is -0.490. The largest absolute Gasteiger partial charge is 0.0837 e. The summed E-state index contributed by atoms with van der Waals surface area (Å²) in [6, 6.07) is 6.53. The van der Waals surface area contributed by atoms with Crippen LogP contribution in [0.1, 0.15) is 62.5 Å². The second-order valence-electron chi connectivity index (χ2n) is 4.89. The molecule has 1 aromatic carbocycles. The SMILES string of the molecule is CC(C)c1cccc(C2CCCC2)c1Cl. The van der Waals surface area contributed by atoms with Gasteiger partial charge in [0.05, 0.1) is 0 Å². The van der Waals surface area contributed by atoms with Gasteiger partial charge < -0.3 is 0 Å². The van der Waals surface area contributed by atoms with Crippen LogP contribution in [0.4, 0.5) is 0 Å². The number of benzene rings is 1. The van der Waals surface area contributed by atoms with E-state index in [-0.39, 0.29) is 0 Å². The summed E-state index contributed by atoms with van der Waals surface area (Å²) < 4.78 is 0. The van der Waals surface area contributed by atoms with E-state index >= 15 is 0 Å². The lowest BCUT2D eigenvalue weighted by Gasteiger charge is -2.16. The van der Waals surface area contributed by atoms with E-state index in [1.165, 1.54) is 36.8 Å². The van der Waals surface area contributed by atoms with Crippen molar-refractivity contribution < 1.29 is 0 Å². The predicted octanol–water partition coefficient (Wildman–Crippen LogP) is 5.12. The summed E-state index contributed by atoms with van der Waals surface area (Å²) in [5.41, 5.74) is 2.70. The number of halogens is 1. The molecule has 0 amide bonds. The van der Waals surface area contributed by atoms with E-state index in [0.717, 1.165) is 10.9 Å². The molecule has 1 aliphatic carbocycles. The molecule has 0 aromatic heterocycles. The van der Waals surface area contributed by atoms with Crippen LogP contribution < -0.4 is 0 Å². The predicted molar refractivity (Wildman–Crippen MR) is 66.8 cm³/mol. The zero-order chi connectivity index (χ0) is 10.8. The molecule has 15 heavy (non-hydrogen) atoms. The van der Waals surface area contributed by atoms with E-state index in [1.54, 1.807) is 0 Å². The van der Waals surface area contributed by atoms with Crippen LogP contribution in [-0.4, -0.2) is 0 Å². The zero-order valence-electron chi connectivity index (χ0n) is 9.59. The molecule has 2 rings (SSSR count). The van der Waals surface area contributed by atoms with Crippen LogP contribution in [0.25, 0.3) is 0 Å². The summed E-state index contributed by atoms with van der Waals surface area (Å²) in [4.78, 5) is 0. The van der Waals surface area contributed by atoms with Crippen molar-refractivity contribution in [3.05, 3.63) is 34.3 Å². The highest BCUT2D eigenvalue weighted by Gasteiger charge is 2.20. The molecule has 0 N–H and O–H groups in total. The molecule has 1 aliphatic rings. The standard InChI is InChI=1S/C14H19Cl/c1-10(2)12-8-5-9-13(14(12)15)11-6-3-4-7-11/h5,8-11H,3-4,6-7H2,1-2H3. The molecular formula is C14H19Cl. The quantitative estimate of drug-likeness (QED) is 0.652. The maximum Gasteiger partial charge on any atom is 0.0475 e. The first-order chi connectivity index (χ1) is 7.20. The molecule has 0 spiro atoms. The highest BCUT2D eigenvalue weighted by atomic mass is 35.5. The Kier molecular flexibility index (Phi) is 3.35. The monoisotopic (exact) mass is 222 g/mol. The van der Waals surface area contributed by atoms with Crippen molar-refractivity contribution in [1.82, 2.24) is 0 Å². The summed E-state index contributed by atoms with van der Waals surface area (Å²) in [6.45, 7) is 4.42. The van der Waals surface area contributed by atoms with Gasteiger partial charge in [-0.3, -0.25) is 0 Å². The van der Waals surface area contributed by atoms with Gasteiger partial charge in [-0.25, -0.2) is 0 Å². The topological polar surface area (TPSA) is 0 Å². The minimum atomic E-state index is 0.527. The molecule has 82 valence electrons. The van der Waals surface area contributed by atoms with E-state index in [9.17, 15) is 0 Å². The van der Waals surface area contributed by atoms with E-state index < -0.39 is 0 Å². The van der Waals surface area contributed by atoms with Gasteiger partial charge in [-0.15, -0.1) is 0 Å². The summed E-state index contributed by atoms with van der Waals surface area (Å²) in [7, 11) is 0. The fourth-order valence-electron chi connectivity index (χ4n) is 2.57. The Balaban J connectivity index is 2.34. The highest BCUT2D eigenvalue weighted by Crippen LogP contribution is 2.39. The lowest BCUT2D eigenvalue weighted by molar-refractivity contribution is 0.719. The van der Waals surface area contributed by atoms with Gasteiger partial charge in [-0.05, 0) is 35.8 Å². The average Bonchev–Trinajstić information content (AvgIpc) is 2.70. The Bertz CT molecular complexity index is 335. The van der Waals surface area contributed by atoms with Crippen LogP contribution in [0.15, 0.2) is 18.2 Å². The molecule has 0 radical (unpaired) electrons. The maximum atomic E-state index is 6.48. The Morgan fingerprint density at radius 3 is 2.47 bits per heavy atom. The van der Waals surface area contributed by atoms with Crippen LogP contribution in [0.5, 0.6) is 0 Å². The van der Waals surface area contributed by atoms with Crippen molar-refractivity contribution in [1.29, 1.82) is 0 Å². The first-order valence-electron chi connectivity index (χ1n) is 5.98. The Morgan fingerprint density at radius 1 is 1.20 bits per heavy atom. The first kappa shape index (κ1) is 11.0. The van der Waals surface area contributed by atoms with Gasteiger partial charge in [0.1, 0.15) is 0 Å². The second kappa shape index (κ2) is 4.57. The molecule has 0 nitrogen and oxygen atoms in total. The molecule has 1 aromatic rings. The smallest absolute Gasteiger partial charge is 0.0475 e. The lowest BCUT2D eigenvalue weighted by Crippen LogP contribution is -1.97. The fraction of sp³-hybridized carbons (Fsp3) is 0.571. The summed E-state index contributed by atoms with van der Waals surface area (Å²) in [5.74, 6) is 1.25. The van der Waals surface area contributed by atoms with Crippen LogP contribution >= 0.6 is 11.6 Å². The molecule has 0 heterocycles. The highest BCUT2D eigenvalue weighted by molar-refractivity contribution is 6.32. The van der Waals surface area contributed by atoms with Crippen molar-refractivity contribution in [2.24, 2.45) is 0 Å². The zero-order valence-corrected chi connectivity index (χ0v) is 10.3. The van der Waals surface area contributed by atoms with Gasteiger partial charge in [-0.2, -0.15) is 0 Å². The van der Waals surface area contributed by atoms with Gasteiger partial charge in [0.25, 0.3) is 0 Å².